The fourth-order valence-electron chi connectivity index (χ4n) is 2.75. The van der Waals surface area contributed by atoms with Gasteiger partial charge in [0.1, 0.15) is 0 Å². The minimum absolute atomic E-state index is 0.463. The Morgan fingerprint density at radius 2 is 2.00 bits per heavy atom. The molecule has 0 radical (unpaired) electrons. The first-order valence-electron chi connectivity index (χ1n) is 8.17. The Morgan fingerprint density at radius 3 is 2.73 bits per heavy atom. The van der Waals surface area contributed by atoms with Gasteiger partial charge in [-0.15, -0.1) is 0 Å². The standard InChI is InChI=1S/C18H26BrN3/c1-4-22(5-2)12-6-7-14(3)21-17-10-11-20-18-13-15(19)8-9-16(17)18/h8-11,13-14H,4-7,12H2,1-3H3,(H,20,21)/t14-/m1/s1. The van der Waals surface area contributed by atoms with Crippen molar-refractivity contribution in [2.45, 2.75) is 39.7 Å². The van der Waals surface area contributed by atoms with Crippen LogP contribution in [0.2, 0.25) is 0 Å². The number of hydrogen-bond acceptors (Lipinski definition) is 3. The first-order valence-corrected chi connectivity index (χ1v) is 8.96. The first-order chi connectivity index (χ1) is 10.6. The number of halogens is 1. The Balaban J connectivity index is 1.95. The second-order valence-corrected chi connectivity index (χ2v) is 6.65. The molecule has 0 amide bonds. The topological polar surface area (TPSA) is 28.2 Å². The van der Waals surface area contributed by atoms with E-state index in [0.29, 0.717) is 6.04 Å². The molecule has 2 rings (SSSR count). The van der Waals surface area contributed by atoms with E-state index in [1.54, 1.807) is 0 Å². The van der Waals surface area contributed by atoms with Crippen molar-refractivity contribution in [3.05, 3.63) is 34.9 Å². The highest BCUT2D eigenvalue weighted by Gasteiger charge is 2.07. The molecule has 1 aromatic carbocycles. The maximum atomic E-state index is 4.44. The van der Waals surface area contributed by atoms with Crippen LogP contribution in [-0.4, -0.2) is 35.6 Å². The number of rotatable bonds is 8. The third-order valence-electron chi connectivity index (χ3n) is 4.11. The van der Waals surface area contributed by atoms with Crippen LogP contribution >= 0.6 is 15.9 Å². The van der Waals surface area contributed by atoms with Gasteiger partial charge in [0.05, 0.1) is 5.52 Å². The lowest BCUT2D eigenvalue weighted by Crippen LogP contribution is -2.25. The molecule has 120 valence electrons. The molecule has 0 spiro atoms. The molecular formula is C18H26BrN3. The van der Waals surface area contributed by atoms with E-state index in [9.17, 15) is 0 Å². The van der Waals surface area contributed by atoms with E-state index in [2.05, 4.69) is 76.2 Å². The molecule has 2 aromatic rings. The van der Waals surface area contributed by atoms with E-state index in [1.807, 2.05) is 6.20 Å². The monoisotopic (exact) mass is 363 g/mol. The van der Waals surface area contributed by atoms with Crippen molar-refractivity contribution in [1.29, 1.82) is 0 Å². The number of nitrogens with zero attached hydrogens (tertiary/aromatic N) is 2. The molecule has 0 aliphatic rings. The van der Waals surface area contributed by atoms with E-state index in [4.69, 9.17) is 0 Å². The van der Waals surface area contributed by atoms with Crippen LogP contribution in [0.15, 0.2) is 34.9 Å². The Labute approximate surface area is 142 Å². The van der Waals surface area contributed by atoms with Crippen LogP contribution < -0.4 is 5.32 Å². The number of fused-ring (bicyclic) bond motifs is 1. The zero-order chi connectivity index (χ0) is 15.9. The summed E-state index contributed by atoms with van der Waals surface area (Å²) in [7, 11) is 0. The van der Waals surface area contributed by atoms with Gasteiger partial charge in [-0.3, -0.25) is 4.98 Å². The summed E-state index contributed by atoms with van der Waals surface area (Å²) < 4.78 is 1.07. The Morgan fingerprint density at radius 1 is 1.23 bits per heavy atom. The average molecular weight is 364 g/mol. The van der Waals surface area contributed by atoms with E-state index in [-0.39, 0.29) is 0 Å². The van der Waals surface area contributed by atoms with Gasteiger partial charge in [-0.1, -0.05) is 29.8 Å². The summed E-state index contributed by atoms with van der Waals surface area (Å²) in [5.74, 6) is 0. The van der Waals surface area contributed by atoms with Gasteiger partial charge in [-0.05, 0) is 63.7 Å². The molecule has 1 heterocycles. The largest absolute Gasteiger partial charge is 0.382 e. The zero-order valence-corrected chi connectivity index (χ0v) is 15.4. The predicted molar refractivity (Wildman–Crippen MR) is 99.5 cm³/mol. The van der Waals surface area contributed by atoms with Gasteiger partial charge in [0.15, 0.2) is 0 Å². The quantitative estimate of drug-likeness (QED) is 0.721. The zero-order valence-electron chi connectivity index (χ0n) is 13.8. The molecule has 1 atom stereocenters. The molecule has 4 heteroatoms. The third kappa shape index (κ3) is 4.68. The lowest BCUT2D eigenvalue weighted by molar-refractivity contribution is 0.295. The Kier molecular flexibility index (Phi) is 6.65. The summed E-state index contributed by atoms with van der Waals surface area (Å²) in [6.45, 7) is 10.2. The molecule has 1 aromatic heterocycles. The highest BCUT2D eigenvalue weighted by molar-refractivity contribution is 9.10. The molecular weight excluding hydrogens is 338 g/mol. The second-order valence-electron chi connectivity index (χ2n) is 5.73. The van der Waals surface area contributed by atoms with Crippen molar-refractivity contribution in [2.24, 2.45) is 0 Å². The van der Waals surface area contributed by atoms with Crippen LogP contribution in [-0.2, 0) is 0 Å². The van der Waals surface area contributed by atoms with E-state index >= 15 is 0 Å². The van der Waals surface area contributed by atoms with Crippen LogP contribution in [0.25, 0.3) is 10.9 Å². The summed E-state index contributed by atoms with van der Waals surface area (Å²) in [5, 5.41) is 4.82. The molecule has 0 bridgehead atoms. The molecule has 0 saturated carbocycles. The van der Waals surface area contributed by atoms with Gasteiger partial charge in [-0.2, -0.15) is 0 Å². The van der Waals surface area contributed by atoms with Crippen molar-refractivity contribution >= 4 is 32.5 Å². The highest BCUT2D eigenvalue weighted by Crippen LogP contribution is 2.25. The number of nitrogens with one attached hydrogen (secondary N) is 1. The Hall–Kier alpha value is -1.13. The van der Waals surface area contributed by atoms with Crippen molar-refractivity contribution in [3.8, 4) is 0 Å². The maximum absolute atomic E-state index is 4.44. The maximum Gasteiger partial charge on any atom is 0.0733 e. The van der Waals surface area contributed by atoms with Crippen LogP contribution in [0.5, 0.6) is 0 Å². The van der Waals surface area contributed by atoms with Gasteiger partial charge in [0, 0.05) is 27.8 Å². The fourth-order valence-corrected chi connectivity index (χ4v) is 3.09. The smallest absolute Gasteiger partial charge is 0.0733 e. The molecule has 1 N–H and O–H groups in total. The van der Waals surface area contributed by atoms with Crippen LogP contribution in [0, 0.1) is 0 Å². The minimum Gasteiger partial charge on any atom is -0.382 e. The van der Waals surface area contributed by atoms with Crippen molar-refractivity contribution < 1.29 is 0 Å². The number of aromatic nitrogens is 1. The van der Waals surface area contributed by atoms with Crippen molar-refractivity contribution in [3.63, 3.8) is 0 Å². The van der Waals surface area contributed by atoms with E-state index in [1.165, 1.54) is 30.5 Å². The summed E-state index contributed by atoms with van der Waals surface area (Å²) in [4.78, 5) is 6.92. The number of hydrogen-bond donors (Lipinski definition) is 1. The van der Waals surface area contributed by atoms with Crippen LogP contribution in [0.4, 0.5) is 5.69 Å². The molecule has 0 unspecified atom stereocenters. The van der Waals surface area contributed by atoms with Gasteiger partial charge in [0.2, 0.25) is 0 Å². The lowest BCUT2D eigenvalue weighted by Gasteiger charge is -2.20. The molecule has 22 heavy (non-hydrogen) atoms. The first kappa shape index (κ1) is 17.2. The summed E-state index contributed by atoms with van der Waals surface area (Å²) in [6, 6.07) is 8.78. The number of anilines is 1. The minimum atomic E-state index is 0.463. The summed E-state index contributed by atoms with van der Waals surface area (Å²) >= 11 is 3.50. The molecule has 0 fully saturated rings. The summed E-state index contributed by atoms with van der Waals surface area (Å²) in [5.41, 5.74) is 2.20. The van der Waals surface area contributed by atoms with Gasteiger partial charge >= 0.3 is 0 Å². The van der Waals surface area contributed by atoms with Crippen molar-refractivity contribution in [2.75, 3.05) is 25.0 Å². The van der Waals surface area contributed by atoms with Gasteiger partial charge in [0.25, 0.3) is 0 Å². The molecule has 0 aliphatic carbocycles. The molecule has 0 saturated heterocycles. The Bertz CT molecular complexity index is 596. The van der Waals surface area contributed by atoms with Crippen LogP contribution in [0.3, 0.4) is 0 Å². The fraction of sp³-hybridized carbons (Fsp3) is 0.500. The van der Waals surface area contributed by atoms with E-state index < -0.39 is 0 Å². The normalized spacial score (nSPS) is 12.8. The lowest BCUT2D eigenvalue weighted by atomic mass is 10.1. The molecule has 3 nitrogen and oxygen atoms in total. The van der Waals surface area contributed by atoms with Gasteiger partial charge in [-0.25, -0.2) is 0 Å². The third-order valence-corrected chi connectivity index (χ3v) is 4.61. The van der Waals surface area contributed by atoms with E-state index in [0.717, 1.165) is 23.1 Å². The van der Waals surface area contributed by atoms with Crippen molar-refractivity contribution in [1.82, 2.24) is 9.88 Å². The average Bonchev–Trinajstić information content (AvgIpc) is 2.51. The van der Waals surface area contributed by atoms with Gasteiger partial charge < -0.3 is 10.2 Å². The highest BCUT2D eigenvalue weighted by atomic mass is 79.9. The number of pyridine rings is 1. The predicted octanol–water partition coefficient (Wildman–Crippen LogP) is 4.92. The number of benzene rings is 1. The SMILES string of the molecule is CCN(CC)CCC[C@@H](C)Nc1ccnc2cc(Br)ccc12. The summed E-state index contributed by atoms with van der Waals surface area (Å²) in [6.07, 6.45) is 4.28. The van der Waals surface area contributed by atoms with Crippen LogP contribution in [0.1, 0.15) is 33.6 Å². The molecule has 0 aliphatic heterocycles. The second kappa shape index (κ2) is 8.49.